The topological polar surface area (TPSA) is 46.9 Å². The predicted molar refractivity (Wildman–Crippen MR) is 94.0 cm³/mol. The molecule has 1 saturated carbocycles. The largest absolute Gasteiger partial charge is 0.436 e. The molecule has 0 aliphatic heterocycles. The lowest BCUT2D eigenvalue weighted by Crippen LogP contribution is -2.26. The van der Waals surface area contributed by atoms with E-state index < -0.39 is 28.8 Å². The minimum atomic E-state index is -4.69. The van der Waals surface area contributed by atoms with E-state index >= 15 is 0 Å². The van der Waals surface area contributed by atoms with Crippen LogP contribution in [0.15, 0.2) is 18.2 Å². The summed E-state index contributed by atoms with van der Waals surface area (Å²) in [5.74, 6) is -0.662. The van der Waals surface area contributed by atoms with Crippen LogP contribution in [-0.2, 0) is 11.0 Å². The summed E-state index contributed by atoms with van der Waals surface area (Å²) in [6, 6.07) is 3.51. The molecule has 3 rings (SSSR count). The molecule has 140 valence electrons. The van der Waals surface area contributed by atoms with E-state index in [1.54, 1.807) is 0 Å². The van der Waals surface area contributed by atoms with Crippen LogP contribution in [0.1, 0.15) is 43.1 Å². The van der Waals surface area contributed by atoms with Gasteiger partial charge < -0.3 is 5.32 Å². The van der Waals surface area contributed by atoms with Crippen LogP contribution in [0.4, 0.5) is 18.9 Å². The average Bonchev–Trinajstić information content (AvgIpc) is 3.31. The number of benzene rings is 1. The van der Waals surface area contributed by atoms with Crippen LogP contribution in [0.25, 0.3) is 0 Å². The Kier molecular flexibility index (Phi) is 5.16. The third-order valence-electron chi connectivity index (χ3n) is 4.05. The lowest BCUT2D eigenvalue weighted by atomic mass is 10.2. The fourth-order valence-electron chi connectivity index (χ4n) is 2.56. The van der Waals surface area contributed by atoms with Crippen molar-refractivity contribution in [1.82, 2.24) is 9.78 Å². The molecule has 0 spiro atoms. The molecule has 1 amide bonds. The second-order valence-corrected chi connectivity index (χ2v) is 7.25. The first-order chi connectivity index (χ1) is 12.1. The van der Waals surface area contributed by atoms with E-state index in [0.717, 1.165) is 4.68 Å². The van der Waals surface area contributed by atoms with Gasteiger partial charge in [0.05, 0.1) is 20.8 Å². The smallest absolute Gasteiger partial charge is 0.324 e. The molecule has 1 fully saturated rings. The number of alkyl halides is 3. The number of carbonyl (C=O) groups excluding carboxylic acids is 1. The molecule has 1 aliphatic carbocycles. The molecular weight excluding hydrogens is 414 g/mol. The third-order valence-corrected chi connectivity index (χ3v) is 5.16. The number of nitrogens with one attached hydrogen (secondary N) is 1. The number of amides is 1. The maximum Gasteiger partial charge on any atom is 0.436 e. The number of hydrogen-bond acceptors (Lipinski definition) is 2. The van der Waals surface area contributed by atoms with Gasteiger partial charge in [0.25, 0.3) is 0 Å². The molecule has 1 aromatic carbocycles. The summed E-state index contributed by atoms with van der Waals surface area (Å²) in [5.41, 5.74) is -0.551. The van der Waals surface area contributed by atoms with Crippen LogP contribution in [-0.4, -0.2) is 15.7 Å². The summed E-state index contributed by atoms with van der Waals surface area (Å²) in [6.45, 7) is 1.46. The van der Waals surface area contributed by atoms with E-state index in [-0.39, 0.29) is 16.6 Å². The number of anilines is 1. The van der Waals surface area contributed by atoms with Crippen molar-refractivity contribution in [3.63, 3.8) is 0 Å². The standard InChI is InChI=1S/C16H13Cl3F3N3O/c1-7(15(26)23-9-4-5-10(17)11(18)6-9)25-13(8-2-3-8)12(19)14(24-25)16(20,21)22/h4-8H,2-3H2,1H3,(H,23,26). The summed E-state index contributed by atoms with van der Waals surface area (Å²) in [7, 11) is 0. The van der Waals surface area contributed by atoms with E-state index in [2.05, 4.69) is 10.4 Å². The number of carbonyl (C=O) groups is 1. The van der Waals surface area contributed by atoms with Crippen molar-refractivity contribution in [2.45, 2.75) is 37.9 Å². The minimum Gasteiger partial charge on any atom is -0.324 e. The molecule has 26 heavy (non-hydrogen) atoms. The predicted octanol–water partition coefficient (Wildman–Crippen LogP) is 5.94. The minimum absolute atomic E-state index is 0.119. The highest BCUT2D eigenvalue weighted by molar-refractivity contribution is 6.42. The molecule has 0 bridgehead atoms. The molecule has 0 saturated heterocycles. The van der Waals surface area contributed by atoms with Gasteiger partial charge in [0.2, 0.25) is 5.91 Å². The molecule has 1 aromatic heterocycles. The Bertz CT molecular complexity index is 862. The van der Waals surface area contributed by atoms with Crippen molar-refractivity contribution in [2.24, 2.45) is 0 Å². The van der Waals surface area contributed by atoms with Crippen molar-refractivity contribution in [3.05, 3.63) is 44.7 Å². The number of nitrogens with zero attached hydrogens (tertiary/aromatic N) is 2. The number of hydrogen-bond donors (Lipinski definition) is 1. The first-order valence-corrected chi connectivity index (χ1v) is 8.84. The van der Waals surface area contributed by atoms with Crippen molar-refractivity contribution in [1.29, 1.82) is 0 Å². The Morgan fingerprint density at radius 2 is 1.92 bits per heavy atom. The van der Waals surface area contributed by atoms with Gasteiger partial charge in [0.1, 0.15) is 6.04 Å². The molecule has 1 aliphatic rings. The maximum atomic E-state index is 13.1. The van der Waals surface area contributed by atoms with E-state index in [9.17, 15) is 18.0 Å². The van der Waals surface area contributed by atoms with Crippen LogP contribution < -0.4 is 5.32 Å². The van der Waals surface area contributed by atoms with Gasteiger partial charge in [-0.15, -0.1) is 0 Å². The molecule has 2 aromatic rings. The van der Waals surface area contributed by atoms with Gasteiger partial charge in [-0.25, -0.2) is 0 Å². The molecule has 1 N–H and O–H groups in total. The highest BCUT2D eigenvalue weighted by Crippen LogP contribution is 2.47. The van der Waals surface area contributed by atoms with Crippen molar-refractivity contribution in [3.8, 4) is 0 Å². The molecule has 0 radical (unpaired) electrons. The zero-order chi connectivity index (χ0) is 19.2. The van der Waals surface area contributed by atoms with Crippen molar-refractivity contribution < 1.29 is 18.0 Å². The first kappa shape index (κ1) is 19.3. The molecule has 4 nitrogen and oxygen atoms in total. The molecule has 1 heterocycles. The lowest BCUT2D eigenvalue weighted by Gasteiger charge is -2.16. The molecule has 1 unspecified atom stereocenters. The van der Waals surface area contributed by atoms with Gasteiger partial charge in [-0.3, -0.25) is 9.48 Å². The van der Waals surface area contributed by atoms with Gasteiger partial charge in [-0.2, -0.15) is 18.3 Å². The third kappa shape index (κ3) is 3.80. The fourth-order valence-corrected chi connectivity index (χ4v) is 3.24. The Balaban J connectivity index is 1.90. The van der Waals surface area contributed by atoms with Crippen LogP contribution in [0, 0.1) is 0 Å². The van der Waals surface area contributed by atoms with E-state index in [1.807, 2.05) is 0 Å². The van der Waals surface area contributed by atoms with Gasteiger partial charge in [0.15, 0.2) is 5.69 Å². The monoisotopic (exact) mass is 425 g/mol. The van der Waals surface area contributed by atoms with Crippen LogP contribution in [0.3, 0.4) is 0 Å². The molecular formula is C16H13Cl3F3N3O. The summed E-state index contributed by atoms with van der Waals surface area (Å²) in [4.78, 5) is 12.5. The van der Waals surface area contributed by atoms with Gasteiger partial charge in [-0.1, -0.05) is 34.8 Å². The zero-order valence-corrected chi connectivity index (χ0v) is 15.6. The summed E-state index contributed by atoms with van der Waals surface area (Å²) < 4.78 is 40.5. The maximum absolute atomic E-state index is 13.1. The van der Waals surface area contributed by atoms with E-state index in [0.29, 0.717) is 23.6 Å². The van der Waals surface area contributed by atoms with Gasteiger partial charge in [0, 0.05) is 11.6 Å². The number of halogens is 6. The van der Waals surface area contributed by atoms with E-state index in [1.165, 1.54) is 25.1 Å². The summed E-state index contributed by atoms with van der Waals surface area (Å²) >= 11 is 17.7. The summed E-state index contributed by atoms with van der Waals surface area (Å²) in [6.07, 6.45) is -3.26. The summed E-state index contributed by atoms with van der Waals surface area (Å²) in [5, 5.41) is 6.32. The molecule has 1 atom stereocenters. The SMILES string of the molecule is CC(C(=O)Nc1ccc(Cl)c(Cl)c1)n1nc(C(F)(F)F)c(Cl)c1C1CC1. The number of rotatable bonds is 4. The highest BCUT2D eigenvalue weighted by atomic mass is 35.5. The second-order valence-electron chi connectivity index (χ2n) is 6.06. The van der Waals surface area contributed by atoms with Crippen LogP contribution in [0.2, 0.25) is 15.1 Å². The zero-order valence-electron chi connectivity index (χ0n) is 13.4. The van der Waals surface area contributed by atoms with Crippen LogP contribution in [0.5, 0.6) is 0 Å². The molecule has 10 heteroatoms. The lowest BCUT2D eigenvalue weighted by molar-refractivity contribution is -0.141. The fraction of sp³-hybridized carbons (Fsp3) is 0.375. The highest BCUT2D eigenvalue weighted by Gasteiger charge is 2.43. The van der Waals surface area contributed by atoms with Crippen molar-refractivity contribution >= 4 is 46.4 Å². The Morgan fingerprint density at radius 1 is 1.27 bits per heavy atom. The second kappa shape index (κ2) is 6.94. The number of aromatic nitrogens is 2. The Hall–Kier alpha value is -1.44. The van der Waals surface area contributed by atoms with Crippen LogP contribution >= 0.6 is 34.8 Å². The Morgan fingerprint density at radius 3 is 2.46 bits per heavy atom. The van der Waals surface area contributed by atoms with E-state index in [4.69, 9.17) is 34.8 Å². The normalized spacial score (nSPS) is 15.8. The van der Waals surface area contributed by atoms with Gasteiger partial charge >= 0.3 is 6.18 Å². The first-order valence-electron chi connectivity index (χ1n) is 7.70. The van der Waals surface area contributed by atoms with Gasteiger partial charge in [-0.05, 0) is 38.0 Å². The van der Waals surface area contributed by atoms with Crippen molar-refractivity contribution in [2.75, 3.05) is 5.32 Å². The Labute approximate surface area is 162 Å². The average molecular weight is 427 g/mol. The quantitative estimate of drug-likeness (QED) is 0.658.